The number of rotatable bonds is 2. The lowest BCUT2D eigenvalue weighted by Crippen LogP contribution is -2.55. The Hall–Kier alpha value is -0.810. The van der Waals surface area contributed by atoms with Crippen LogP contribution in [0.25, 0.3) is 0 Å². The number of ether oxygens (including phenoxy) is 2. The van der Waals surface area contributed by atoms with Crippen LogP contribution in [0.1, 0.15) is 27.2 Å². The average molecular weight is 244 g/mol. The maximum Gasteiger partial charge on any atom is 0.408 e. The Bertz CT molecular complexity index is 263. The lowest BCUT2D eigenvalue weighted by Gasteiger charge is -2.36. The van der Waals surface area contributed by atoms with Gasteiger partial charge in [-0.3, -0.25) is 0 Å². The van der Waals surface area contributed by atoms with Crippen LogP contribution in [0.2, 0.25) is 0 Å². The zero-order chi connectivity index (χ0) is 13.1. The Morgan fingerprint density at radius 1 is 1.41 bits per heavy atom. The Morgan fingerprint density at radius 3 is 2.59 bits per heavy atom. The molecular weight excluding hydrogens is 220 g/mol. The fourth-order valence-electron chi connectivity index (χ4n) is 1.97. The van der Waals surface area contributed by atoms with Gasteiger partial charge < -0.3 is 19.7 Å². The van der Waals surface area contributed by atoms with E-state index in [0.29, 0.717) is 0 Å². The SMILES string of the molecule is COC1CCN(C)CC1NC(=O)OC(C)(C)C. The van der Waals surface area contributed by atoms with Gasteiger partial charge in [-0.2, -0.15) is 0 Å². The standard InChI is InChI=1S/C12H24N2O3/c1-12(2,3)17-11(15)13-9-8-14(4)7-6-10(9)16-5/h9-10H,6-8H2,1-5H3,(H,13,15). The van der Waals surface area contributed by atoms with Gasteiger partial charge in [-0.1, -0.05) is 0 Å². The average Bonchev–Trinajstić information content (AvgIpc) is 2.14. The van der Waals surface area contributed by atoms with Crippen LogP contribution in [-0.2, 0) is 9.47 Å². The molecule has 1 aliphatic rings. The quantitative estimate of drug-likeness (QED) is 0.794. The summed E-state index contributed by atoms with van der Waals surface area (Å²) in [5.74, 6) is 0. The molecule has 1 N–H and O–H groups in total. The smallest absolute Gasteiger partial charge is 0.408 e. The molecule has 100 valence electrons. The van der Waals surface area contributed by atoms with Crippen LogP contribution in [0.4, 0.5) is 4.79 Å². The van der Waals surface area contributed by atoms with E-state index in [1.807, 2.05) is 27.8 Å². The van der Waals surface area contributed by atoms with Crippen LogP contribution in [0.3, 0.4) is 0 Å². The summed E-state index contributed by atoms with van der Waals surface area (Å²) in [6.07, 6.45) is 0.617. The summed E-state index contributed by atoms with van der Waals surface area (Å²) in [5, 5.41) is 2.88. The molecule has 0 aromatic carbocycles. The minimum atomic E-state index is -0.465. The molecule has 0 bridgehead atoms. The molecule has 2 unspecified atom stereocenters. The van der Waals surface area contributed by atoms with E-state index >= 15 is 0 Å². The molecule has 0 aromatic rings. The molecule has 1 fully saturated rings. The largest absolute Gasteiger partial charge is 0.444 e. The van der Waals surface area contributed by atoms with Gasteiger partial charge in [-0.25, -0.2) is 4.79 Å². The molecule has 1 heterocycles. The van der Waals surface area contributed by atoms with Gasteiger partial charge in [0.25, 0.3) is 0 Å². The number of piperidine rings is 1. The first-order valence-corrected chi connectivity index (χ1v) is 6.02. The fraction of sp³-hybridized carbons (Fsp3) is 0.917. The highest BCUT2D eigenvalue weighted by Crippen LogP contribution is 2.14. The van der Waals surface area contributed by atoms with E-state index in [0.717, 1.165) is 19.5 Å². The molecule has 0 aromatic heterocycles. The van der Waals surface area contributed by atoms with E-state index in [-0.39, 0.29) is 18.2 Å². The normalized spacial score (nSPS) is 26.6. The molecule has 1 saturated heterocycles. The number of methoxy groups -OCH3 is 1. The Balaban J connectivity index is 2.49. The van der Waals surface area contributed by atoms with E-state index in [9.17, 15) is 4.79 Å². The van der Waals surface area contributed by atoms with Crippen LogP contribution in [-0.4, -0.2) is 56.0 Å². The molecule has 5 nitrogen and oxygen atoms in total. The molecule has 0 aliphatic carbocycles. The number of nitrogens with one attached hydrogen (secondary N) is 1. The van der Waals surface area contributed by atoms with E-state index in [4.69, 9.17) is 9.47 Å². The van der Waals surface area contributed by atoms with Gasteiger partial charge in [0.2, 0.25) is 0 Å². The maximum atomic E-state index is 11.7. The van der Waals surface area contributed by atoms with Crippen molar-refractivity contribution >= 4 is 6.09 Å². The van der Waals surface area contributed by atoms with Crippen LogP contribution in [0.5, 0.6) is 0 Å². The second-order valence-electron chi connectivity index (χ2n) is 5.58. The van der Waals surface area contributed by atoms with Crippen LogP contribution in [0, 0.1) is 0 Å². The number of likely N-dealkylation sites (tertiary alicyclic amines) is 1. The first-order chi connectivity index (χ1) is 7.81. The van der Waals surface area contributed by atoms with Crippen molar-refractivity contribution in [3.63, 3.8) is 0 Å². The van der Waals surface area contributed by atoms with E-state index in [1.165, 1.54) is 0 Å². The summed E-state index contributed by atoms with van der Waals surface area (Å²) < 4.78 is 10.6. The maximum absolute atomic E-state index is 11.7. The second-order valence-corrected chi connectivity index (χ2v) is 5.58. The second kappa shape index (κ2) is 5.69. The summed E-state index contributed by atoms with van der Waals surface area (Å²) in [6.45, 7) is 7.34. The van der Waals surface area contributed by atoms with Crippen LogP contribution in [0.15, 0.2) is 0 Å². The topological polar surface area (TPSA) is 50.8 Å². The summed E-state index contributed by atoms with van der Waals surface area (Å²) in [4.78, 5) is 13.9. The van der Waals surface area contributed by atoms with Gasteiger partial charge in [-0.15, -0.1) is 0 Å². The van der Waals surface area contributed by atoms with Crippen molar-refractivity contribution in [1.82, 2.24) is 10.2 Å². The van der Waals surface area contributed by atoms with Crippen molar-refractivity contribution in [2.24, 2.45) is 0 Å². The zero-order valence-corrected chi connectivity index (χ0v) is 11.4. The number of alkyl carbamates (subject to hydrolysis) is 1. The molecule has 2 atom stereocenters. The highest BCUT2D eigenvalue weighted by Gasteiger charge is 2.30. The predicted molar refractivity (Wildman–Crippen MR) is 66.1 cm³/mol. The molecule has 17 heavy (non-hydrogen) atoms. The minimum absolute atomic E-state index is 0.00593. The third-order valence-corrected chi connectivity index (χ3v) is 2.76. The summed E-state index contributed by atoms with van der Waals surface area (Å²) in [7, 11) is 3.72. The van der Waals surface area contributed by atoms with Crippen LogP contribution < -0.4 is 5.32 Å². The van der Waals surface area contributed by atoms with Crippen molar-refractivity contribution in [2.45, 2.75) is 44.9 Å². The number of amides is 1. The molecule has 0 saturated carbocycles. The number of carbonyl (C=O) groups excluding carboxylic acids is 1. The number of hydrogen-bond acceptors (Lipinski definition) is 4. The van der Waals surface area contributed by atoms with Crippen molar-refractivity contribution in [2.75, 3.05) is 27.2 Å². The third-order valence-electron chi connectivity index (χ3n) is 2.76. The summed E-state index contributed by atoms with van der Waals surface area (Å²) in [6, 6.07) is -0.00593. The predicted octanol–water partition coefficient (Wildman–Crippen LogP) is 1.23. The Morgan fingerprint density at radius 2 is 2.06 bits per heavy atom. The van der Waals surface area contributed by atoms with E-state index in [1.54, 1.807) is 7.11 Å². The van der Waals surface area contributed by atoms with E-state index in [2.05, 4.69) is 10.2 Å². The minimum Gasteiger partial charge on any atom is -0.444 e. The molecule has 0 radical (unpaired) electrons. The van der Waals surface area contributed by atoms with Gasteiger partial charge in [0, 0.05) is 20.2 Å². The van der Waals surface area contributed by atoms with Gasteiger partial charge in [-0.05, 0) is 34.2 Å². The van der Waals surface area contributed by atoms with Crippen molar-refractivity contribution < 1.29 is 14.3 Å². The molecular formula is C12H24N2O3. The van der Waals surface area contributed by atoms with Crippen molar-refractivity contribution in [3.8, 4) is 0 Å². The third kappa shape index (κ3) is 4.91. The summed E-state index contributed by atoms with van der Waals surface area (Å²) >= 11 is 0. The van der Waals surface area contributed by atoms with Crippen molar-refractivity contribution in [1.29, 1.82) is 0 Å². The van der Waals surface area contributed by atoms with Crippen LogP contribution >= 0.6 is 0 Å². The van der Waals surface area contributed by atoms with Gasteiger partial charge in [0.1, 0.15) is 5.60 Å². The van der Waals surface area contributed by atoms with E-state index < -0.39 is 5.60 Å². The molecule has 5 heteroatoms. The summed E-state index contributed by atoms with van der Waals surface area (Å²) in [5.41, 5.74) is -0.465. The lowest BCUT2D eigenvalue weighted by molar-refractivity contribution is 0.00685. The monoisotopic (exact) mass is 244 g/mol. The van der Waals surface area contributed by atoms with Gasteiger partial charge in [0.05, 0.1) is 12.1 Å². The molecule has 1 aliphatic heterocycles. The number of likely N-dealkylation sites (N-methyl/N-ethyl adjacent to an activating group) is 1. The molecule has 0 spiro atoms. The van der Waals surface area contributed by atoms with Gasteiger partial charge in [0.15, 0.2) is 0 Å². The highest BCUT2D eigenvalue weighted by atomic mass is 16.6. The highest BCUT2D eigenvalue weighted by molar-refractivity contribution is 5.68. The molecule has 1 amide bonds. The first kappa shape index (κ1) is 14.3. The number of nitrogens with zero attached hydrogens (tertiary/aromatic N) is 1. The zero-order valence-electron chi connectivity index (χ0n) is 11.4. The number of carbonyl (C=O) groups is 1. The number of hydrogen-bond donors (Lipinski definition) is 1. The Kier molecular flexibility index (Phi) is 4.77. The Labute approximate surface area is 103 Å². The fourth-order valence-corrected chi connectivity index (χ4v) is 1.97. The first-order valence-electron chi connectivity index (χ1n) is 6.02. The van der Waals surface area contributed by atoms with Crippen molar-refractivity contribution in [3.05, 3.63) is 0 Å². The van der Waals surface area contributed by atoms with Gasteiger partial charge >= 0.3 is 6.09 Å². The lowest BCUT2D eigenvalue weighted by atomic mass is 10.0. The molecule has 1 rings (SSSR count).